The first-order valence-electron chi connectivity index (χ1n) is 10.2. The van der Waals surface area contributed by atoms with Gasteiger partial charge in [-0.2, -0.15) is 0 Å². The number of nitrogens with zero attached hydrogens (tertiary/aromatic N) is 5. The lowest BCUT2D eigenvalue weighted by atomic mass is 10.0. The highest BCUT2D eigenvalue weighted by molar-refractivity contribution is 14.0. The Labute approximate surface area is 195 Å². The molecule has 0 radical (unpaired) electrons. The van der Waals surface area contributed by atoms with Crippen molar-refractivity contribution in [1.29, 1.82) is 0 Å². The molecule has 0 spiro atoms. The molecule has 0 saturated carbocycles. The van der Waals surface area contributed by atoms with Crippen molar-refractivity contribution in [3.05, 3.63) is 34.0 Å². The van der Waals surface area contributed by atoms with Crippen molar-refractivity contribution in [3.63, 3.8) is 0 Å². The Hall–Kier alpha value is -1.20. The topological polar surface area (TPSA) is 70.4 Å². The molecule has 0 bridgehead atoms. The zero-order chi connectivity index (χ0) is 19.9. The zero-order valence-corrected chi connectivity index (χ0v) is 21.0. The molecule has 1 fully saturated rings. The maximum absolute atomic E-state index is 4.80. The highest BCUT2D eigenvalue weighted by atomic mass is 127. The van der Waals surface area contributed by atoms with Gasteiger partial charge < -0.3 is 20.1 Å². The summed E-state index contributed by atoms with van der Waals surface area (Å²) < 4.78 is 1.99. The molecule has 1 aliphatic heterocycles. The molecule has 2 aromatic rings. The van der Waals surface area contributed by atoms with E-state index < -0.39 is 0 Å². The van der Waals surface area contributed by atoms with Crippen LogP contribution in [0.4, 0.5) is 0 Å². The number of hydrogen-bond donors (Lipinski definition) is 2. The molecule has 1 aliphatic rings. The Kier molecular flexibility index (Phi) is 9.84. The monoisotopic (exact) mass is 531 g/mol. The second-order valence-corrected chi connectivity index (χ2v) is 8.72. The Morgan fingerprint density at radius 3 is 2.66 bits per heavy atom. The molecule has 9 heteroatoms. The number of aromatic nitrogens is 3. The van der Waals surface area contributed by atoms with Crippen molar-refractivity contribution in [2.45, 2.75) is 58.7 Å². The molecule has 0 amide bonds. The average Bonchev–Trinajstić information content (AvgIpc) is 3.31. The summed E-state index contributed by atoms with van der Waals surface area (Å²) in [5, 5.41) is 17.6. The van der Waals surface area contributed by atoms with E-state index in [1.807, 2.05) is 18.5 Å². The minimum absolute atomic E-state index is 0. The summed E-state index contributed by atoms with van der Waals surface area (Å²) in [6.07, 6.45) is 3.30. The lowest BCUT2D eigenvalue weighted by molar-refractivity contribution is 0.167. The largest absolute Gasteiger partial charge is 0.356 e. The molecule has 0 atom stereocenters. The second kappa shape index (κ2) is 11.8. The van der Waals surface area contributed by atoms with Gasteiger partial charge >= 0.3 is 0 Å². The number of halogens is 1. The van der Waals surface area contributed by atoms with Gasteiger partial charge in [-0.1, -0.05) is 6.07 Å². The van der Waals surface area contributed by atoms with Crippen molar-refractivity contribution in [1.82, 2.24) is 30.3 Å². The normalized spacial score (nSPS) is 16.1. The van der Waals surface area contributed by atoms with Gasteiger partial charge in [0.25, 0.3) is 0 Å². The maximum Gasteiger partial charge on any atom is 0.191 e. The minimum atomic E-state index is 0. The van der Waals surface area contributed by atoms with Crippen molar-refractivity contribution in [2.75, 3.05) is 19.6 Å². The van der Waals surface area contributed by atoms with Crippen LogP contribution >= 0.6 is 35.3 Å². The molecule has 2 N–H and O–H groups in total. The molecule has 1 saturated heterocycles. The van der Waals surface area contributed by atoms with Crippen LogP contribution in [0.15, 0.2) is 22.5 Å². The van der Waals surface area contributed by atoms with Gasteiger partial charge in [-0.05, 0) is 51.5 Å². The van der Waals surface area contributed by atoms with E-state index >= 15 is 0 Å². The maximum atomic E-state index is 4.80. The van der Waals surface area contributed by atoms with Crippen molar-refractivity contribution < 1.29 is 0 Å². The van der Waals surface area contributed by atoms with E-state index in [0.29, 0.717) is 18.6 Å². The third-order valence-electron chi connectivity index (χ3n) is 5.41. The number of aryl methyl sites for hydroxylation is 1. The van der Waals surface area contributed by atoms with Crippen LogP contribution in [0.2, 0.25) is 0 Å². The first-order valence-corrected chi connectivity index (χ1v) is 11.1. The van der Waals surface area contributed by atoms with Gasteiger partial charge in [0.1, 0.15) is 12.4 Å². The fourth-order valence-corrected chi connectivity index (χ4v) is 4.11. The van der Waals surface area contributed by atoms with E-state index in [1.165, 1.54) is 4.88 Å². The lowest BCUT2D eigenvalue weighted by Crippen LogP contribution is -2.50. The molecule has 0 aromatic carbocycles. The molecular weight excluding hydrogens is 497 g/mol. The first kappa shape index (κ1) is 24.1. The first-order chi connectivity index (χ1) is 13.5. The number of likely N-dealkylation sites (tertiary alicyclic amines) is 1. The number of thiophene rings is 1. The van der Waals surface area contributed by atoms with E-state index in [0.717, 1.165) is 56.5 Å². The summed E-state index contributed by atoms with van der Waals surface area (Å²) in [7, 11) is 1.99. The lowest BCUT2D eigenvalue weighted by Gasteiger charge is -2.35. The summed E-state index contributed by atoms with van der Waals surface area (Å²) in [4.78, 5) is 8.73. The van der Waals surface area contributed by atoms with E-state index in [2.05, 4.69) is 57.1 Å². The Morgan fingerprint density at radius 2 is 2.07 bits per heavy atom. The summed E-state index contributed by atoms with van der Waals surface area (Å²) in [5.41, 5.74) is 0. The molecule has 162 valence electrons. The van der Waals surface area contributed by atoms with Crippen LogP contribution in [0, 0.1) is 6.92 Å². The van der Waals surface area contributed by atoms with E-state index in [9.17, 15) is 0 Å². The quantitative estimate of drug-likeness (QED) is 0.327. The molecule has 0 aliphatic carbocycles. The average molecular weight is 532 g/mol. The molecule has 0 unspecified atom stereocenters. The van der Waals surface area contributed by atoms with Crippen LogP contribution in [-0.2, 0) is 20.0 Å². The van der Waals surface area contributed by atoms with Gasteiger partial charge in [0.05, 0.1) is 0 Å². The number of hydrogen-bond acceptors (Lipinski definition) is 5. The fraction of sp³-hybridized carbons (Fsp3) is 0.650. The summed E-state index contributed by atoms with van der Waals surface area (Å²) >= 11 is 1.80. The van der Waals surface area contributed by atoms with Crippen molar-refractivity contribution >= 4 is 41.3 Å². The third-order valence-corrected chi connectivity index (χ3v) is 6.34. The number of nitrogens with one attached hydrogen (secondary N) is 2. The Balaban J connectivity index is 0.00000300. The third kappa shape index (κ3) is 7.21. The SMILES string of the molecule is Cc1nnc(CN=C(NCCc2cccs2)NC2CCN(C(C)C)CC2)n1C.I. The van der Waals surface area contributed by atoms with Crippen LogP contribution in [0.5, 0.6) is 0 Å². The van der Waals surface area contributed by atoms with Gasteiger partial charge in [-0.25, -0.2) is 4.99 Å². The number of piperidine rings is 1. The summed E-state index contributed by atoms with van der Waals surface area (Å²) in [6.45, 7) is 10.2. The number of guanidine groups is 1. The van der Waals surface area contributed by atoms with Gasteiger partial charge in [-0.3, -0.25) is 0 Å². The Bertz CT molecular complexity index is 749. The van der Waals surface area contributed by atoms with E-state index in [-0.39, 0.29) is 24.0 Å². The van der Waals surface area contributed by atoms with Crippen molar-refractivity contribution in [2.24, 2.45) is 12.0 Å². The minimum Gasteiger partial charge on any atom is -0.356 e. The zero-order valence-electron chi connectivity index (χ0n) is 17.9. The van der Waals surface area contributed by atoms with E-state index in [1.54, 1.807) is 11.3 Å². The summed E-state index contributed by atoms with van der Waals surface area (Å²) in [6, 6.07) is 5.37. The molecule has 7 nitrogen and oxygen atoms in total. The Morgan fingerprint density at radius 1 is 1.31 bits per heavy atom. The molecule has 29 heavy (non-hydrogen) atoms. The van der Waals surface area contributed by atoms with Gasteiger partial charge in [-0.15, -0.1) is 45.5 Å². The van der Waals surface area contributed by atoms with E-state index in [4.69, 9.17) is 4.99 Å². The smallest absolute Gasteiger partial charge is 0.191 e. The second-order valence-electron chi connectivity index (χ2n) is 7.69. The summed E-state index contributed by atoms with van der Waals surface area (Å²) in [5.74, 6) is 2.66. The predicted molar refractivity (Wildman–Crippen MR) is 131 cm³/mol. The van der Waals surface area contributed by atoms with Gasteiger partial charge in [0.15, 0.2) is 11.8 Å². The van der Waals surface area contributed by atoms with Crippen LogP contribution in [-0.4, -0.2) is 57.3 Å². The molecule has 3 heterocycles. The standard InChI is InChI=1S/C20H33N7S.HI/c1-15(2)27-11-8-17(9-12-27)23-20(21-10-7-18-6-5-13-28-18)22-14-19-25-24-16(3)26(19)4;/h5-6,13,15,17H,7-12,14H2,1-4H3,(H2,21,22,23);1H. The predicted octanol–water partition coefficient (Wildman–Crippen LogP) is 2.95. The van der Waals surface area contributed by atoms with Gasteiger partial charge in [0, 0.05) is 43.6 Å². The highest BCUT2D eigenvalue weighted by Gasteiger charge is 2.21. The van der Waals surface area contributed by atoms with Crippen LogP contribution < -0.4 is 10.6 Å². The van der Waals surface area contributed by atoms with Crippen molar-refractivity contribution in [3.8, 4) is 0 Å². The van der Waals surface area contributed by atoms with Gasteiger partial charge in [0.2, 0.25) is 0 Å². The van der Waals surface area contributed by atoms with Crippen LogP contribution in [0.1, 0.15) is 43.2 Å². The van der Waals surface area contributed by atoms with Crippen LogP contribution in [0.3, 0.4) is 0 Å². The molecule has 3 rings (SSSR count). The highest BCUT2D eigenvalue weighted by Crippen LogP contribution is 2.13. The molecule has 2 aromatic heterocycles. The van der Waals surface area contributed by atoms with Crippen LogP contribution in [0.25, 0.3) is 0 Å². The fourth-order valence-electron chi connectivity index (χ4n) is 3.40. The molecular formula is C20H34IN7S. The number of rotatable bonds is 7. The number of aliphatic imine (C=N–C) groups is 1.